The van der Waals surface area contributed by atoms with Crippen LogP contribution in [0, 0.1) is 6.92 Å². The monoisotopic (exact) mass is 295 g/mol. The maximum absolute atomic E-state index is 12.3. The molecule has 3 N–H and O–H groups in total. The lowest BCUT2D eigenvalue weighted by atomic mass is 10.1. The van der Waals surface area contributed by atoms with Crippen LogP contribution in [0.2, 0.25) is 0 Å². The van der Waals surface area contributed by atoms with Gasteiger partial charge in [0.25, 0.3) is 5.91 Å². The quantitative estimate of drug-likeness (QED) is 0.853. The molecule has 0 aliphatic carbocycles. The van der Waals surface area contributed by atoms with Gasteiger partial charge in [0.15, 0.2) is 0 Å². The summed E-state index contributed by atoms with van der Waals surface area (Å²) in [6.45, 7) is 4.08. The smallest absolute Gasteiger partial charge is 0.255 e. The van der Waals surface area contributed by atoms with Gasteiger partial charge in [-0.15, -0.1) is 0 Å². The van der Waals surface area contributed by atoms with Crippen LogP contribution in [0.15, 0.2) is 42.5 Å². The third-order valence-corrected chi connectivity index (χ3v) is 4.01. The number of aryl methyl sites for hydroxylation is 1. The number of carbonyl (C=O) groups excluding carboxylic acids is 1. The van der Waals surface area contributed by atoms with Gasteiger partial charge in [-0.1, -0.05) is 17.7 Å². The molecule has 1 fully saturated rings. The first kappa shape index (κ1) is 14.4. The zero-order valence-corrected chi connectivity index (χ0v) is 12.8. The SMILES string of the molecule is Cc1cccc(C(=O)Nc2ccc(N3CCCC3)c(N)c2)c1. The van der Waals surface area contributed by atoms with Gasteiger partial charge in [0.05, 0.1) is 11.4 Å². The highest BCUT2D eigenvalue weighted by Crippen LogP contribution is 2.29. The van der Waals surface area contributed by atoms with E-state index in [1.165, 1.54) is 12.8 Å². The average molecular weight is 295 g/mol. The van der Waals surface area contributed by atoms with Gasteiger partial charge >= 0.3 is 0 Å². The van der Waals surface area contributed by atoms with E-state index in [0.717, 1.165) is 30.0 Å². The number of hydrogen-bond donors (Lipinski definition) is 2. The summed E-state index contributed by atoms with van der Waals surface area (Å²) in [5.41, 5.74) is 10.4. The number of carbonyl (C=O) groups is 1. The van der Waals surface area contributed by atoms with Crippen LogP contribution < -0.4 is 16.0 Å². The standard InChI is InChI=1S/C18H21N3O/c1-13-5-4-6-14(11-13)18(22)20-15-7-8-17(16(19)12-15)21-9-2-3-10-21/h4-8,11-12H,2-3,9-10,19H2,1H3,(H,20,22). The van der Waals surface area contributed by atoms with Crippen molar-refractivity contribution in [1.82, 2.24) is 0 Å². The van der Waals surface area contributed by atoms with E-state index in [2.05, 4.69) is 10.2 Å². The van der Waals surface area contributed by atoms with Crippen molar-refractivity contribution in [2.24, 2.45) is 0 Å². The first-order valence-corrected chi connectivity index (χ1v) is 7.66. The number of anilines is 3. The Morgan fingerprint density at radius 1 is 1.14 bits per heavy atom. The number of hydrogen-bond acceptors (Lipinski definition) is 3. The molecular weight excluding hydrogens is 274 g/mol. The van der Waals surface area contributed by atoms with Crippen LogP contribution in [0.5, 0.6) is 0 Å². The fourth-order valence-corrected chi connectivity index (χ4v) is 2.87. The van der Waals surface area contributed by atoms with Crippen molar-refractivity contribution < 1.29 is 4.79 Å². The summed E-state index contributed by atoms with van der Waals surface area (Å²) in [5, 5.41) is 2.91. The van der Waals surface area contributed by atoms with Crippen LogP contribution in [0.1, 0.15) is 28.8 Å². The van der Waals surface area contributed by atoms with E-state index in [9.17, 15) is 4.79 Å². The van der Waals surface area contributed by atoms with Crippen molar-refractivity contribution in [2.45, 2.75) is 19.8 Å². The Balaban J connectivity index is 1.75. The number of rotatable bonds is 3. The third kappa shape index (κ3) is 3.06. The van der Waals surface area contributed by atoms with Crippen LogP contribution in [-0.2, 0) is 0 Å². The van der Waals surface area contributed by atoms with Crippen molar-refractivity contribution in [3.63, 3.8) is 0 Å². The molecule has 114 valence electrons. The van der Waals surface area contributed by atoms with Gasteiger partial charge in [-0.2, -0.15) is 0 Å². The average Bonchev–Trinajstić information content (AvgIpc) is 3.01. The van der Waals surface area contributed by atoms with Crippen molar-refractivity contribution in [3.8, 4) is 0 Å². The van der Waals surface area contributed by atoms with Crippen molar-refractivity contribution in [2.75, 3.05) is 29.0 Å². The summed E-state index contributed by atoms with van der Waals surface area (Å²) in [5.74, 6) is -0.114. The van der Waals surface area contributed by atoms with E-state index < -0.39 is 0 Å². The second-order valence-corrected chi connectivity index (χ2v) is 5.79. The molecule has 0 unspecified atom stereocenters. The van der Waals surface area contributed by atoms with Crippen LogP contribution >= 0.6 is 0 Å². The summed E-state index contributed by atoms with van der Waals surface area (Å²) in [4.78, 5) is 14.5. The maximum Gasteiger partial charge on any atom is 0.255 e. The lowest BCUT2D eigenvalue weighted by molar-refractivity contribution is 0.102. The topological polar surface area (TPSA) is 58.4 Å². The predicted molar refractivity (Wildman–Crippen MR) is 91.4 cm³/mol. The molecule has 3 rings (SSSR count). The molecule has 2 aromatic rings. The van der Waals surface area contributed by atoms with Gasteiger partial charge in [0.1, 0.15) is 0 Å². The largest absolute Gasteiger partial charge is 0.397 e. The number of nitrogens with zero attached hydrogens (tertiary/aromatic N) is 1. The maximum atomic E-state index is 12.3. The van der Waals surface area contributed by atoms with Crippen LogP contribution in [0.4, 0.5) is 17.1 Å². The molecule has 22 heavy (non-hydrogen) atoms. The Morgan fingerprint density at radius 3 is 2.59 bits per heavy atom. The minimum absolute atomic E-state index is 0.114. The molecule has 0 atom stereocenters. The van der Waals surface area contributed by atoms with Gasteiger partial charge in [0, 0.05) is 24.3 Å². The molecule has 4 nitrogen and oxygen atoms in total. The van der Waals surface area contributed by atoms with E-state index in [-0.39, 0.29) is 5.91 Å². The molecule has 0 saturated carbocycles. The second kappa shape index (κ2) is 6.10. The molecule has 1 aliphatic heterocycles. The summed E-state index contributed by atoms with van der Waals surface area (Å²) in [7, 11) is 0. The first-order chi connectivity index (χ1) is 10.6. The number of benzene rings is 2. The molecule has 0 aromatic heterocycles. The molecule has 1 saturated heterocycles. The summed E-state index contributed by atoms with van der Waals surface area (Å²) in [6, 6.07) is 13.3. The molecule has 4 heteroatoms. The lowest BCUT2D eigenvalue weighted by Gasteiger charge is -2.20. The summed E-state index contributed by atoms with van der Waals surface area (Å²) >= 11 is 0. The van der Waals surface area contributed by atoms with Gasteiger partial charge in [0.2, 0.25) is 0 Å². The Morgan fingerprint density at radius 2 is 1.91 bits per heavy atom. The Bertz CT molecular complexity index is 690. The molecule has 0 bridgehead atoms. The zero-order valence-electron chi connectivity index (χ0n) is 12.8. The number of nitrogens with one attached hydrogen (secondary N) is 1. The van der Waals surface area contributed by atoms with Gasteiger partial charge in [-0.25, -0.2) is 0 Å². The van der Waals surface area contributed by atoms with Crippen molar-refractivity contribution >= 4 is 23.0 Å². The van der Waals surface area contributed by atoms with E-state index in [4.69, 9.17) is 5.73 Å². The number of nitrogens with two attached hydrogens (primary N) is 1. The molecule has 1 aliphatic rings. The summed E-state index contributed by atoms with van der Waals surface area (Å²) in [6.07, 6.45) is 2.43. The normalized spacial score (nSPS) is 14.1. The summed E-state index contributed by atoms with van der Waals surface area (Å²) < 4.78 is 0. The van der Waals surface area contributed by atoms with Crippen LogP contribution in [0.25, 0.3) is 0 Å². The van der Waals surface area contributed by atoms with E-state index in [0.29, 0.717) is 11.3 Å². The van der Waals surface area contributed by atoms with Gasteiger partial charge in [-0.3, -0.25) is 4.79 Å². The highest BCUT2D eigenvalue weighted by Gasteiger charge is 2.15. The molecular formula is C18H21N3O. The third-order valence-electron chi connectivity index (χ3n) is 4.01. The second-order valence-electron chi connectivity index (χ2n) is 5.79. The minimum Gasteiger partial charge on any atom is -0.397 e. The van der Waals surface area contributed by atoms with E-state index in [1.54, 1.807) is 0 Å². The van der Waals surface area contributed by atoms with E-state index in [1.807, 2.05) is 49.4 Å². The van der Waals surface area contributed by atoms with Crippen molar-refractivity contribution in [1.29, 1.82) is 0 Å². The lowest BCUT2D eigenvalue weighted by Crippen LogP contribution is -2.19. The molecule has 1 amide bonds. The Labute approximate surface area is 130 Å². The highest BCUT2D eigenvalue weighted by atomic mass is 16.1. The fraction of sp³-hybridized carbons (Fsp3) is 0.278. The molecule has 1 heterocycles. The fourth-order valence-electron chi connectivity index (χ4n) is 2.87. The Kier molecular flexibility index (Phi) is 4.00. The van der Waals surface area contributed by atoms with Gasteiger partial charge in [-0.05, 0) is 50.1 Å². The van der Waals surface area contributed by atoms with Crippen LogP contribution in [-0.4, -0.2) is 19.0 Å². The number of nitrogen functional groups attached to an aromatic ring is 1. The molecule has 0 radical (unpaired) electrons. The van der Waals surface area contributed by atoms with Gasteiger partial charge < -0.3 is 16.0 Å². The minimum atomic E-state index is -0.114. The molecule has 0 spiro atoms. The zero-order chi connectivity index (χ0) is 15.5. The molecule has 2 aromatic carbocycles. The predicted octanol–water partition coefficient (Wildman–Crippen LogP) is 3.43. The highest BCUT2D eigenvalue weighted by molar-refractivity contribution is 6.04. The number of amides is 1. The van der Waals surface area contributed by atoms with E-state index >= 15 is 0 Å². The Hall–Kier alpha value is -2.49. The van der Waals surface area contributed by atoms with Crippen LogP contribution in [0.3, 0.4) is 0 Å². The van der Waals surface area contributed by atoms with Crippen molar-refractivity contribution in [3.05, 3.63) is 53.6 Å². The first-order valence-electron chi connectivity index (χ1n) is 7.66.